The quantitative estimate of drug-likeness (QED) is 0.816. The van der Waals surface area contributed by atoms with E-state index in [9.17, 15) is 9.59 Å². The third-order valence-corrected chi connectivity index (χ3v) is 4.42. The maximum absolute atomic E-state index is 12.1. The van der Waals surface area contributed by atoms with Crippen molar-refractivity contribution in [2.24, 2.45) is 0 Å². The second kappa shape index (κ2) is 7.13. The fourth-order valence-electron chi connectivity index (χ4n) is 1.70. The van der Waals surface area contributed by atoms with Gasteiger partial charge in [0, 0.05) is 5.69 Å². The van der Waals surface area contributed by atoms with Crippen molar-refractivity contribution in [3.8, 4) is 0 Å². The van der Waals surface area contributed by atoms with Crippen LogP contribution in [0.2, 0.25) is 8.67 Å². The molecule has 0 aliphatic rings. The van der Waals surface area contributed by atoms with E-state index in [4.69, 9.17) is 27.9 Å². The van der Waals surface area contributed by atoms with E-state index in [2.05, 4.69) is 5.32 Å². The van der Waals surface area contributed by atoms with Crippen molar-refractivity contribution in [1.29, 1.82) is 0 Å². The number of amides is 1. The number of hydrogen-bond donors (Lipinski definition) is 1. The first kappa shape index (κ1) is 16.8. The molecule has 1 aromatic carbocycles. The van der Waals surface area contributed by atoms with Crippen LogP contribution in [0.5, 0.6) is 0 Å². The summed E-state index contributed by atoms with van der Waals surface area (Å²) in [5.41, 5.74) is 1.75. The fraction of sp³-hybridized carbons (Fsp3) is 0.200. The van der Waals surface area contributed by atoms with Crippen LogP contribution in [0.25, 0.3) is 0 Å². The normalized spacial score (nSPS) is 11.8. The van der Waals surface area contributed by atoms with Gasteiger partial charge in [0.2, 0.25) is 0 Å². The zero-order chi connectivity index (χ0) is 16.3. The van der Waals surface area contributed by atoms with Crippen molar-refractivity contribution >= 4 is 52.1 Å². The van der Waals surface area contributed by atoms with E-state index in [1.165, 1.54) is 13.0 Å². The largest absolute Gasteiger partial charge is 0.449 e. The molecule has 0 aliphatic carbocycles. The Labute approximate surface area is 142 Å². The van der Waals surface area contributed by atoms with Gasteiger partial charge in [-0.25, -0.2) is 4.79 Å². The summed E-state index contributed by atoms with van der Waals surface area (Å²) in [6, 6.07) is 8.75. The van der Waals surface area contributed by atoms with Crippen LogP contribution in [-0.4, -0.2) is 18.0 Å². The average Bonchev–Trinajstić information content (AvgIpc) is 2.80. The molecule has 0 saturated heterocycles. The minimum Gasteiger partial charge on any atom is -0.449 e. The van der Waals surface area contributed by atoms with Crippen LogP contribution in [0, 0.1) is 6.92 Å². The minimum atomic E-state index is -0.957. The van der Waals surface area contributed by atoms with E-state index in [-0.39, 0.29) is 9.90 Å². The number of hydrogen-bond acceptors (Lipinski definition) is 4. The van der Waals surface area contributed by atoms with Crippen LogP contribution in [0.1, 0.15) is 22.8 Å². The molecule has 1 atom stereocenters. The molecule has 4 nitrogen and oxygen atoms in total. The molecule has 1 amide bonds. The fourth-order valence-corrected chi connectivity index (χ4v) is 3.14. The highest BCUT2D eigenvalue weighted by Crippen LogP contribution is 2.31. The molecule has 22 heavy (non-hydrogen) atoms. The lowest BCUT2D eigenvalue weighted by atomic mass is 10.2. The van der Waals surface area contributed by atoms with Crippen LogP contribution in [-0.2, 0) is 9.53 Å². The molecule has 0 bridgehead atoms. The second-order valence-electron chi connectivity index (χ2n) is 4.59. The first-order valence-corrected chi connectivity index (χ1v) is 7.98. The van der Waals surface area contributed by atoms with E-state index in [1.807, 2.05) is 25.1 Å². The van der Waals surface area contributed by atoms with Crippen molar-refractivity contribution in [3.05, 3.63) is 50.1 Å². The predicted octanol–water partition coefficient (Wildman–Crippen LogP) is 4.55. The molecule has 0 aliphatic heterocycles. The van der Waals surface area contributed by atoms with Gasteiger partial charge in [-0.2, -0.15) is 0 Å². The van der Waals surface area contributed by atoms with Gasteiger partial charge in [0.05, 0.1) is 9.90 Å². The summed E-state index contributed by atoms with van der Waals surface area (Å²) in [4.78, 5) is 24.1. The SMILES string of the molecule is Cc1ccccc1NC(=O)C(C)OC(=O)c1cc(Cl)sc1Cl. The van der Waals surface area contributed by atoms with E-state index in [1.54, 1.807) is 6.07 Å². The van der Waals surface area contributed by atoms with Crippen molar-refractivity contribution in [2.75, 3.05) is 5.32 Å². The van der Waals surface area contributed by atoms with E-state index in [0.29, 0.717) is 10.0 Å². The highest BCUT2D eigenvalue weighted by Gasteiger charge is 2.22. The second-order valence-corrected chi connectivity index (χ2v) is 6.88. The summed E-state index contributed by atoms with van der Waals surface area (Å²) >= 11 is 12.7. The maximum atomic E-state index is 12.1. The van der Waals surface area contributed by atoms with Gasteiger partial charge in [0.1, 0.15) is 4.34 Å². The molecule has 116 valence electrons. The molecule has 0 fully saturated rings. The Bertz CT molecular complexity index is 715. The van der Waals surface area contributed by atoms with Gasteiger partial charge in [-0.3, -0.25) is 4.79 Å². The van der Waals surface area contributed by atoms with Crippen LogP contribution in [0.3, 0.4) is 0 Å². The van der Waals surface area contributed by atoms with E-state index >= 15 is 0 Å². The third-order valence-electron chi connectivity index (χ3n) is 2.93. The van der Waals surface area contributed by atoms with Crippen LogP contribution in [0.4, 0.5) is 5.69 Å². The predicted molar refractivity (Wildman–Crippen MR) is 89.0 cm³/mol. The van der Waals surface area contributed by atoms with Gasteiger partial charge in [0.25, 0.3) is 5.91 Å². The molecule has 2 aromatic rings. The molecule has 2 rings (SSSR count). The summed E-state index contributed by atoms with van der Waals surface area (Å²) in [5.74, 6) is -1.10. The first-order chi connectivity index (χ1) is 10.4. The Balaban J connectivity index is 2.01. The molecular weight excluding hydrogens is 345 g/mol. The molecule has 1 aromatic heterocycles. The zero-order valence-corrected chi connectivity index (χ0v) is 14.2. The molecule has 0 saturated carbocycles. The van der Waals surface area contributed by atoms with Gasteiger partial charge in [-0.05, 0) is 31.5 Å². The van der Waals surface area contributed by atoms with Gasteiger partial charge in [-0.1, -0.05) is 41.4 Å². The summed E-state index contributed by atoms with van der Waals surface area (Å²) in [7, 11) is 0. The topological polar surface area (TPSA) is 55.4 Å². The number of carbonyl (C=O) groups excluding carboxylic acids is 2. The molecule has 0 radical (unpaired) electrons. The first-order valence-electron chi connectivity index (χ1n) is 6.41. The number of halogens is 2. The van der Waals surface area contributed by atoms with Crippen LogP contribution < -0.4 is 5.32 Å². The Morgan fingerprint density at radius 1 is 1.27 bits per heavy atom. The van der Waals surface area contributed by atoms with Gasteiger partial charge >= 0.3 is 5.97 Å². The lowest BCUT2D eigenvalue weighted by molar-refractivity contribution is -0.123. The van der Waals surface area contributed by atoms with Crippen molar-refractivity contribution in [1.82, 2.24) is 0 Å². The average molecular weight is 358 g/mol. The Kier molecular flexibility index (Phi) is 5.45. The monoisotopic (exact) mass is 357 g/mol. The summed E-state index contributed by atoms with van der Waals surface area (Å²) in [6.45, 7) is 3.37. The molecule has 1 N–H and O–H groups in total. The van der Waals surface area contributed by atoms with Gasteiger partial charge < -0.3 is 10.1 Å². The highest BCUT2D eigenvalue weighted by molar-refractivity contribution is 7.20. The lowest BCUT2D eigenvalue weighted by Crippen LogP contribution is -2.30. The molecule has 7 heteroatoms. The Morgan fingerprint density at radius 2 is 1.95 bits per heavy atom. The number of ether oxygens (including phenoxy) is 1. The molecule has 0 spiro atoms. The van der Waals surface area contributed by atoms with E-state index < -0.39 is 18.0 Å². The number of nitrogens with one attached hydrogen (secondary N) is 1. The summed E-state index contributed by atoms with van der Waals surface area (Å²) in [6.07, 6.45) is -0.957. The Morgan fingerprint density at radius 3 is 2.55 bits per heavy atom. The molecule has 1 unspecified atom stereocenters. The highest BCUT2D eigenvalue weighted by atomic mass is 35.5. The number of esters is 1. The maximum Gasteiger partial charge on any atom is 0.341 e. The van der Waals surface area contributed by atoms with Crippen LogP contribution >= 0.6 is 34.5 Å². The summed E-state index contributed by atoms with van der Waals surface area (Å²) in [5, 5.41) is 2.71. The number of para-hydroxylation sites is 1. The third kappa shape index (κ3) is 4.00. The smallest absolute Gasteiger partial charge is 0.341 e. The zero-order valence-electron chi connectivity index (χ0n) is 11.9. The minimum absolute atomic E-state index is 0.159. The number of anilines is 1. The van der Waals surface area contributed by atoms with Crippen LogP contribution in [0.15, 0.2) is 30.3 Å². The number of benzene rings is 1. The Hall–Kier alpha value is -1.56. The molecular formula is C15H13Cl2NO3S. The number of thiophene rings is 1. The standard InChI is InChI=1S/C15H13Cl2NO3S/c1-8-5-3-4-6-11(8)18-14(19)9(2)21-15(20)10-7-12(16)22-13(10)17/h3-7,9H,1-2H3,(H,18,19). The summed E-state index contributed by atoms with van der Waals surface area (Å²) < 4.78 is 5.74. The molecule has 1 heterocycles. The van der Waals surface area contributed by atoms with Crippen molar-refractivity contribution in [2.45, 2.75) is 20.0 Å². The van der Waals surface area contributed by atoms with Gasteiger partial charge in [-0.15, -0.1) is 11.3 Å². The van der Waals surface area contributed by atoms with Crippen molar-refractivity contribution in [3.63, 3.8) is 0 Å². The van der Waals surface area contributed by atoms with E-state index in [0.717, 1.165) is 16.9 Å². The van der Waals surface area contributed by atoms with Gasteiger partial charge in [0.15, 0.2) is 6.10 Å². The lowest BCUT2D eigenvalue weighted by Gasteiger charge is -2.14. The number of rotatable bonds is 4. The number of carbonyl (C=O) groups is 2. The van der Waals surface area contributed by atoms with Crippen molar-refractivity contribution < 1.29 is 14.3 Å². The number of aryl methyl sites for hydroxylation is 1.